The Balaban J connectivity index is 2.16. The van der Waals surface area contributed by atoms with E-state index in [1.54, 1.807) is 13.2 Å². The maximum atomic E-state index is 9.50. The van der Waals surface area contributed by atoms with Gasteiger partial charge in [-0.1, -0.05) is 12.1 Å². The summed E-state index contributed by atoms with van der Waals surface area (Å²) in [5, 5.41) is 9.50. The van der Waals surface area contributed by atoms with Crippen LogP contribution in [0.5, 0.6) is 11.5 Å². The van der Waals surface area contributed by atoms with Gasteiger partial charge in [-0.3, -0.25) is 0 Å². The number of phenols is 1. The van der Waals surface area contributed by atoms with Crippen molar-refractivity contribution in [2.45, 2.75) is 12.8 Å². The van der Waals surface area contributed by atoms with Crippen LogP contribution in [0.2, 0.25) is 0 Å². The van der Waals surface area contributed by atoms with Crippen molar-refractivity contribution in [1.82, 2.24) is 0 Å². The van der Waals surface area contributed by atoms with Crippen LogP contribution in [0, 0.1) is 0 Å². The molecule has 2 aromatic rings. The van der Waals surface area contributed by atoms with Gasteiger partial charge in [0, 0.05) is 0 Å². The van der Waals surface area contributed by atoms with Gasteiger partial charge in [-0.2, -0.15) is 0 Å². The van der Waals surface area contributed by atoms with Crippen LogP contribution in [0.25, 0.3) is 11.1 Å². The van der Waals surface area contributed by atoms with Gasteiger partial charge in [-0.15, -0.1) is 0 Å². The normalized spacial score (nSPS) is 12.8. The monoisotopic (exact) mass is 226 g/mol. The number of aromatic hydroxyl groups is 1. The van der Waals surface area contributed by atoms with Gasteiger partial charge in [0.1, 0.15) is 11.5 Å². The molecule has 0 unspecified atom stereocenters. The molecule has 0 saturated heterocycles. The van der Waals surface area contributed by atoms with Crippen LogP contribution in [0.4, 0.5) is 0 Å². The SMILES string of the molecule is COc1ccc2c(c1)CCc1cc(O)ccc1-2. The lowest BCUT2D eigenvalue weighted by molar-refractivity contribution is 0.414. The number of ether oxygens (including phenoxy) is 1. The molecule has 1 N–H and O–H groups in total. The summed E-state index contributed by atoms with van der Waals surface area (Å²) in [6.07, 6.45) is 1.98. The molecule has 0 radical (unpaired) electrons. The number of aryl methyl sites for hydroxylation is 2. The summed E-state index contributed by atoms with van der Waals surface area (Å²) in [7, 11) is 1.69. The van der Waals surface area contributed by atoms with E-state index in [9.17, 15) is 5.11 Å². The zero-order valence-electron chi connectivity index (χ0n) is 9.73. The van der Waals surface area contributed by atoms with E-state index in [-0.39, 0.29) is 0 Å². The first-order valence-electron chi connectivity index (χ1n) is 5.77. The second kappa shape index (κ2) is 3.81. The van der Waals surface area contributed by atoms with E-state index in [2.05, 4.69) is 12.1 Å². The topological polar surface area (TPSA) is 29.5 Å². The fourth-order valence-corrected chi connectivity index (χ4v) is 2.49. The molecule has 3 rings (SSSR count). The molecule has 0 atom stereocenters. The number of rotatable bonds is 1. The third-order valence-electron chi connectivity index (χ3n) is 3.36. The summed E-state index contributed by atoms with van der Waals surface area (Å²) in [6, 6.07) is 11.8. The average Bonchev–Trinajstić information content (AvgIpc) is 2.37. The highest BCUT2D eigenvalue weighted by molar-refractivity contribution is 5.74. The molecule has 2 aromatic carbocycles. The third kappa shape index (κ3) is 1.66. The Morgan fingerprint density at radius 3 is 2.29 bits per heavy atom. The van der Waals surface area contributed by atoms with E-state index >= 15 is 0 Å². The summed E-state index contributed by atoms with van der Waals surface area (Å²) < 4.78 is 5.25. The largest absolute Gasteiger partial charge is 0.508 e. The first-order chi connectivity index (χ1) is 8.28. The predicted octanol–water partition coefficient (Wildman–Crippen LogP) is 3.17. The van der Waals surface area contributed by atoms with E-state index in [0.29, 0.717) is 5.75 Å². The lowest BCUT2D eigenvalue weighted by atomic mass is 9.85. The average molecular weight is 226 g/mol. The van der Waals surface area contributed by atoms with Gasteiger partial charge in [0.05, 0.1) is 7.11 Å². The molecule has 2 heteroatoms. The number of hydrogen-bond acceptors (Lipinski definition) is 2. The van der Waals surface area contributed by atoms with Crippen molar-refractivity contribution in [1.29, 1.82) is 0 Å². The van der Waals surface area contributed by atoms with Gasteiger partial charge < -0.3 is 9.84 Å². The Labute approximate surface area is 100 Å². The van der Waals surface area contributed by atoms with Crippen molar-refractivity contribution < 1.29 is 9.84 Å². The Kier molecular flexibility index (Phi) is 2.29. The van der Waals surface area contributed by atoms with Gasteiger partial charge >= 0.3 is 0 Å². The van der Waals surface area contributed by atoms with Crippen molar-refractivity contribution >= 4 is 0 Å². The summed E-state index contributed by atoms with van der Waals surface area (Å²) in [6.45, 7) is 0. The molecule has 0 amide bonds. The Bertz CT molecular complexity index is 573. The Hall–Kier alpha value is -1.96. The van der Waals surface area contributed by atoms with E-state index in [0.717, 1.165) is 18.6 Å². The molecular formula is C15H14O2. The number of phenolic OH excluding ortho intramolecular Hbond substituents is 1. The minimum absolute atomic E-state index is 0.348. The van der Waals surface area contributed by atoms with Crippen LogP contribution < -0.4 is 4.74 Å². The molecule has 0 aromatic heterocycles. The molecular weight excluding hydrogens is 212 g/mol. The summed E-state index contributed by atoms with van der Waals surface area (Å²) >= 11 is 0. The van der Waals surface area contributed by atoms with Crippen molar-refractivity contribution in [2.75, 3.05) is 7.11 Å². The first kappa shape index (κ1) is 10.2. The second-order valence-corrected chi connectivity index (χ2v) is 4.36. The summed E-state index contributed by atoms with van der Waals surface area (Å²) in [4.78, 5) is 0. The van der Waals surface area contributed by atoms with Crippen molar-refractivity contribution in [3.05, 3.63) is 47.5 Å². The number of methoxy groups -OCH3 is 1. The second-order valence-electron chi connectivity index (χ2n) is 4.36. The fraction of sp³-hybridized carbons (Fsp3) is 0.200. The number of hydrogen-bond donors (Lipinski definition) is 1. The van der Waals surface area contributed by atoms with E-state index in [1.807, 2.05) is 18.2 Å². The summed E-state index contributed by atoms with van der Waals surface area (Å²) in [5.41, 5.74) is 5.03. The molecule has 2 nitrogen and oxygen atoms in total. The highest BCUT2D eigenvalue weighted by atomic mass is 16.5. The highest BCUT2D eigenvalue weighted by Crippen LogP contribution is 2.36. The fourth-order valence-electron chi connectivity index (χ4n) is 2.49. The molecule has 1 aliphatic carbocycles. The molecule has 1 aliphatic rings. The predicted molar refractivity (Wildman–Crippen MR) is 67.5 cm³/mol. The zero-order chi connectivity index (χ0) is 11.8. The van der Waals surface area contributed by atoms with Crippen LogP contribution in [0.1, 0.15) is 11.1 Å². The van der Waals surface area contributed by atoms with Crippen LogP contribution in [-0.2, 0) is 12.8 Å². The maximum absolute atomic E-state index is 9.50. The molecule has 0 bridgehead atoms. The van der Waals surface area contributed by atoms with Gasteiger partial charge in [0.25, 0.3) is 0 Å². The van der Waals surface area contributed by atoms with Gasteiger partial charge in [0.2, 0.25) is 0 Å². The molecule has 0 heterocycles. The van der Waals surface area contributed by atoms with Gasteiger partial charge in [-0.05, 0) is 59.4 Å². The molecule has 0 spiro atoms. The van der Waals surface area contributed by atoms with Crippen LogP contribution in [0.15, 0.2) is 36.4 Å². The first-order valence-corrected chi connectivity index (χ1v) is 5.77. The van der Waals surface area contributed by atoms with Crippen molar-refractivity contribution in [3.8, 4) is 22.6 Å². The van der Waals surface area contributed by atoms with Crippen molar-refractivity contribution in [3.63, 3.8) is 0 Å². The molecule has 17 heavy (non-hydrogen) atoms. The molecule has 0 aliphatic heterocycles. The van der Waals surface area contributed by atoms with E-state index in [1.165, 1.54) is 22.3 Å². The Morgan fingerprint density at radius 1 is 0.941 bits per heavy atom. The third-order valence-corrected chi connectivity index (χ3v) is 3.36. The van der Waals surface area contributed by atoms with Crippen LogP contribution >= 0.6 is 0 Å². The van der Waals surface area contributed by atoms with Crippen LogP contribution in [0.3, 0.4) is 0 Å². The smallest absolute Gasteiger partial charge is 0.119 e. The minimum Gasteiger partial charge on any atom is -0.508 e. The van der Waals surface area contributed by atoms with E-state index in [4.69, 9.17) is 4.74 Å². The standard InChI is InChI=1S/C15H14O2/c1-17-13-5-7-15-11(9-13)3-2-10-8-12(16)4-6-14(10)15/h4-9,16H,2-3H2,1H3. The lowest BCUT2D eigenvalue weighted by Gasteiger charge is -2.20. The highest BCUT2D eigenvalue weighted by Gasteiger charge is 2.16. The lowest BCUT2D eigenvalue weighted by Crippen LogP contribution is -2.03. The quantitative estimate of drug-likeness (QED) is 0.809. The summed E-state index contributed by atoms with van der Waals surface area (Å²) in [5.74, 6) is 1.26. The van der Waals surface area contributed by atoms with E-state index < -0.39 is 0 Å². The van der Waals surface area contributed by atoms with Gasteiger partial charge in [0.15, 0.2) is 0 Å². The molecule has 86 valence electrons. The molecule has 0 fully saturated rings. The minimum atomic E-state index is 0.348. The Morgan fingerprint density at radius 2 is 1.59 bits per heavy atom. The zero-order valence-corrected chi connectivity index (χ0v) is 9.73. The van der Waals surface area contributed by atoms with Crippen LogP contribution in [-0.4, -0.2) is 12.2 Å². The maximum Gasteiger partial charge on any atom is 0.119 e. The number of fused-ring (bicyclic) bond motifs is 3. The van der Waals surface area contributed by atoms with Crippen molar-refractivity contribution in [2.24, 2.45) is 0 Å². The molecule has 0 saturated carbocycles. The van der Waals surface area contributed by atoms with Gasteiger partial charge in [-0.25, -0.2) is 0 Å². The number of benzene rings is 2.